The summed E-state index contributed by atoms with van der Waals surface area (Å²) in [7, 11) is 0. The van der Waals surface area contributed by atoms with Crippen molar-refractivity contribution in [3.05, 3.63) is 45.8 Å². The van der Waals surface area contributed by atoms with Crippen LogP contribution in [-0.2, 0) is 14.3 Å². The summed E-state index contributed by atoms with van der Waals surface area (Å²) in [5.41, 5.74) is 1.84. The third-order valence-corrected chi connectivity index (χ3v) is 5.19. The van der Waals surface area contributed by atoms with Gasteiger partial charge in [0, 0.05) is 23.1 Å². The first-order valence-corrected chi connectivity index (χ1v) is 9.42. The second-order valence-electron chi connectivity index (χ2n) is 6.34. The predicted molar refractivity (Wildman–Crippen MR) is 108 cm³/mol. The predicted octanol–water partition coefficient (Wildman–Crippen LogP) is 3.71. The standard InChI is InChI=1S/C20H22N2O5S/c1-10-13(4)28-19(21-14(5)24)17(10)20(26)27-12(3)18(25)22-16-8-6-7-15(9-16)11(2)23/h6-9,12H,1-5H3,(H,21,24)(H,22,25). The van der Waals surface area contributed by atoms with Crippen LogP contribution in [0.2, 0.25) is 0 Å². The smallest absolute Gasteiger partial charge is 0.342 e. The van der Waals surface area contributed by atoms with Gasteiger partial charge >= 0.3 is 5.97 Å². The van der Waals surface area contributed by atoms with Gasteiger partial charge in [-0.2, -0.15) is 0 Å². The molecule has 1 atom stereocenters. The molecule has 0 saturated carbocycles. The lowest BCUT2D eigenvalue weighted by Gasteiger charge is -2.14. The quantitative estimate of drug-likeness (QED) is 0.566. The summed E-state index contributed by atoms with van der Waals surface area (Å²) in [6.45, 7) is 7.83. The highest BCUT2D eigenvalue weighted by molar-refractivity contribution is 7.16. The number of ketones is 1. The number of rotatable bonds is 6. The molecule has 2 amide bonds. The maximum absolute atomic E-state index is 12.6. The largest absolute Gasteiger partial charge is 0.449 e. The van der Waals surface area contributed by atoms with Crippen LogP contribution in [0.25, 0.3) is 0 Å². The van der Waals surface area contributed by atoms with E-state index in [4.69, 9.17) is 4.74 Å². The Hall–Kier alpha value is -3.00. The Morgan fingerprint density at radius 2 is 1.75 bits per heavy atom. The molecule has 1 aromatic heterocycles. The van der Waals surface area contributed by atoms with Crippen molar-refractivity contribution in [2.24, 2.45) is 0 Å². The molecule has 1 unspecified atom stereocenters. The Bertz CT molecular complexity index is 948. The zero-order valence-electron chi connectivity index (χ0n) is 16.3. The van der Waals surface area contributed by atoms with E-state index in [1.54, 1.807) is 31.2 Å². The number of carbonyl (C=O) groups is 4. The highest BCUT2D eigenvalue weighted by Crippen LogP contribution is 2.33. The molecule has 0 aliphatic carbocycles. The zero-order chi connectivity index (χ0) is 21.0. The highest BCUT2D eigenvalue weighted by atomic mass is 32.1. The van der Waals surface area contributed by atoms with Gasteiger partial charge < -0.3 is 15.4 Å². The number of anilines is 2. The van der Waals surface area contributed by atoms with Crippen molar-refractivity contribution in [1.82, 2.24) is 0 Å². The second kappa shape index (κ2) is 8.79. The number of ether oxygens (including phenoxy) is 1. The molecule has 2 N–H and O–H groups in total. The van der Waals surface area contributed by atoms with Crippen LogP contribution < -0.4 is 10.6 Å². The number of benzene rings is 1. The first-order chi connectivity index (χ1) is 13.1. The summed E-state index contributed by atoms with van der Waals surface area (Å²) in [4.78, 5) is 48.7. The summed E-state index contributed by atoms with van der Waals surface area (Å²) in [6, 6.07) is 6.49. The van der Waals surface area contributed by atoms with E-state index in [0.717, 1.165) is 4.88 Å². The summed E-state index contributed by atoms with van der Waals surface area (Å²) >= 11 is 1.27. The second-order valence-corrected chi connectivity index (χ2v) is 7.57. The molecule has 0 aliphatic heterocycles. The van der Waals surface area contributed by atoms with Gasteiger partial charge in [-0.05, 0) is 45.4 Å². The molecular weight excluding hydrogens is 380 g/mol. The average Bonchev–Trinajstić information content (AvgIpc) is 2.88. The van der Waals surface area contributed by atoms with Gasteiger partial charge in [0.2, 0.25) is 5.91 Å². The number of amides is 2. The Labute approximate surface area is 167 Å². The fourth-order valence-corrected chi connectivity index (χ4v) is 3.55. The van der Waals surface area contributed by atoms with E-state index in [0.29, 0.717) is 21.8 Å². The van der Waals surface area contributed by atoms with Crippen molar-refractivity contribution in [3.63, 3.8) is 0 Å². The van der Waals surface area contributed by atoms with Crippen LogP contribution in [0.1, 0.15) is 51.9 Å². The van der Waals surface area contributed by atoms with Gasteiger partial charge in [-0.15, -0.1) is 11.3 Å². The number of hydrogen-bond acceptors (Lipinski definition) is 6. The Morgan fingerprint density at radius 3 is 2.36 bits per heavy atom. The van der Waals surface area contributed by atoms with Crippen molar-refractivity contribution >= 4 is 45.6 Å². The zero-order valence-corrected chi connectivity index (χ0v) is 17.2. The molecule has 1 aromatic carbocycles. The first-order valence-electron chi connectivity index (χ1n) is 8.60. The molecule has 148 valence electrons. The molecule has 0 fully saturated rings. The van der Waals surface area contributed by atoms with Gasteiger partial charge in [-0.25, -0.2) is 4.79 Å². The van der Waals surface area contributed by atoms with Crippen LogP contribution in [0.4, 0.5) is 10.7 Å². The van der Waals surface area contributed by atoms with Crippen LogP contribution in [0, 0.1) is 13.8 Å². The fourth-order valence-electron chi connectivity index (χ4n) is 2.45. The van der Waals surface area contributed by atoms with Gasteiger partial charge in [0.15, 0.2) is 11.9 Å². The van der Waals surface area contributed by atoms with Crippen LogP contribution in [-0.4, -0.2) is 29.7 Å². The number of Topliss-reactive ketones (excluding diaryl/α,β-unsaturated/α-hetero) is 1. The molecule has 2 aromatic rings. The summed E-state index contributed by atoms with van der Waals surface area (Å²) in [6.07, 6.45) is -1.07. The van der Waals surface area contributed by atoms with E-state index in [1.807, 2.05) is 6.92 Å². The van der Waals surface area contributed by atoms with Gasteiger partial charge in [0.1, 0.15) is 5.00 Å². The lowest BCUT2D eigenvalue weighted by Crippen LogP contribution is -2.30. The van der Waals surface area contributed by atoms with Crippen molar-refractivity contribution in [3.8, 4) is 0 Å². The minimum absolute atomic E-state index is 0.121. The molecule has 1 heterocycles. The van der Waals surface area contributed by atoms with E-state index in [2.05, 4.69) is 10.6 Å². The Balaban J connectivity index is 2.12. The number of thiophene rings is 1. The maximum atomic E-state index is 12.6. The molecule has 8 heteroatoms. The third kappa shape index (κ3) is 5.04. The van der Waals surface area contributed by atoms with Crippen LogP contribution >= 0.6 is 11.3 Å². The molecule has 28 heavy (non-hydrogen) atoms. The topological polar surface area (TPSA) is 102 Å². The molecule has 2 rings (SSSR count). The van der Waals surface area contributed by atoms with Crippen molar-refractivity contribution < 1.29 is 23.9 Å². The minimum atomic E-state index is -1.07. The molecule has 0 spiro atoms. The number of aryl methyl sites for hydroxylation is 1. The van der Waals surface area contributed by atoms with Crippen molar-refractivity contribution in [2.75, 3.05) is 10.6 Å². The van der Waals surface area contributed by atoms with E-state index >= 15 is 0 Å². The number of hydrogen-bond donors (Lipinski definition) is 2. The summed E-state index contributed by atoms with van der Waals surface area (Å²) < 4.78 is 5.30. The number of nitrogens with one attached hydrogen (secondary N) is 2. The molecule has 0 radical (unpaired) electrons. The van der Waals surface area contributed by atoms with Gasteiger partial charge in [-0.3, -0.25) is 14.4 Å². The number of carbonyl (C=O) groups excluding carboxylic acids is 4. The van der Waals surface area contributed by atoms with Gasteiger partial charge in [-0.1, -0.05) is 12.1 Å². The normalized spacial score (nSPS) is 11.5. The van der Waals surface area contributed by atoms with E-state index < -0.39 is 18.0 Å². The summed E-state index contributed by atoms with van der Waals surface area (Å²) in [5, 5.41) is 5.64. The van der Waals surface area contributed by atoms with E-state index in [1.165, 1.54) is 32.1 Å². The van der Waals surface area contributed by atoms with Crippen LogP contribution in [0.5, 0.6) is 0 Å². The Kier molecular flexibility index (Phi) is 6.69. The maximum Gasteiger partial charge on any atom is 0.342 e. The monoisotopic (exact) mass is 402 g/mol. The van der Waals surface area contributed by atoms with Crippen molar-refractivity contribution in [2.45, 2.75) is 40.7 Å². The lowest BCUT2D eigenvalue weighted by atomic mass is 10.1. The van der Waals surface area contributed by atoms with Crippen LogP contribution in [0.15, 0.2) is 24.3 Å². The van der Waals surface area contributed by atoms with Gasteiger partial charge in [0.25, 0.3) is 5.91 Å². The molecule has 0 saturated heterocycles. The molecule has 0 bridgehead atoms. The highest BCUT2D eigenvalue weighted by Gasteiger charge is 2.25. The average molecular weight is 402 g/mol. The Morgan fingerprint density at radius 1 is 1.07 bits per heavy atom. The van der Waals surface area contributed by atoms with E-state index in [-0.39, 0.29) is 17.3 Å². The first kappa shape index (κ1) is 21.3. The van der Waals surface area contributed by atoms with Crippen LogP contribution in [0.3, 0.4) is 0 Å². The van der Waals surface area contributed by atoms with Gasteiger partial charge in [0.05, 0.1) is 5.56 Å². The third-order valence-electron chi connectivity index (χ3n) is 4.07. The number of esters is 1. The molecule has 0 aliphatic rings. The minimum Gasteiger partial charge on any atom is -0.449 e. The SMILES string of the molecule is CC(=O)Nc1sc(C)c(C)c1C(=O)OC(C)C(=O)Nc1cccc(C(C)=O)c1. The summed E-state index contributed by atoms with van der Waals surface area (Å²) in [5.74, 6) is -1.64. The molecule has 7 nitrogen and oxygen atoms in total. The molecular formula is C20H22N2O5S. The van der Waals surface area contributed by atoms with Crippen molar-refractivity contribution in [1.29, 1.82) is 0 Å². The lowest BCUT2D eigenvalue weighted by molar-refractivity contribution is -0.123. The fraction of sp³-hybridized carbons (Fsp3) is 0.300. The van der Waals surface area contributed by atoms with E-state index in [9.17, 15) is 19.2 Å².